The first-order chi connectivity index (χ1) is 3.45. The summed E-state index contributed by atoms with van der Waals surface area (Å²) in [6, 6.07) is 0. The fourth-order valence-corrected chi connectivity index (χ4v) is 2.35. The molecule has 3 rings (SSSR count). The summed E-state index contributed by atoms with van der Waals surface area (Å²) in [7, 11) is 0. The second-order valence-corrected chi connectivity index (χ2v) is 3.40. The Morgan fingerprint density at radius 1 is 1.43 bits per heavy atom. The van der Waals surface area contributed by atoms with Crippen molar-refractivity contribution in [3.63, 3.8) is 0 Å². The maximum Gasteiger partial charge on any atom is 0.0444 e. The lowest BCUT2D eigenvalue weighted by molar-refractivity contribution is 0.132. The third kappa shape index (κ3) is 0.572. The van der Waals surface area contributed by atoms with Crippen molar-refractivity contribution in [3.05, 3.63) is 0 Å². The van der Waals surface area contributed by atoms with E-state index in [9.17, 15) is 0 Å². The van der Waals surface area contributed by atoms with Crippen LogP contribution < -0.4 is 0 Å². The van der Waals surface area contributed by atoms with Gasteiger partial charge in [-0.05, 0) is 11.7 Å². The largest absolute Gasteiger partial charge is 0.293 e. The molecular formula is C5H9NS. The minimum Gasteiger partial charge on any atom is -0.293 e. The molecule has 7 heavy (non-hydrogen) atoms. The molecule has 3 fully saturated rings. The monoisotopic (exact) mass is 115 g/mol. The zero-order valence-electron chi connectivity index (χ0n) is 4.26. The Morgan fingerprint density at radius 2 is 2.29 bits per heavy atom. The van der Waals surface area contributed by atoms with Crippen molar-refractivity contribution < 1.29 is 0 Å². The first kappa shape index (κ1) is 4.21. The quantitative estimate of drug-likeness (QED) is 0.455. The number of fused-ring (bicyclic) bond motifs is 2. The van der Waals surface area contributed by atoms with Gasteiger partial charge in [0.2, 0.25) is 0 Å². The van der Waals surface area contributed by atoms with Crippen molar-refractivity contribution in [3.8, 4) is 0 Å². The highest BCUT2D eigenvalue weighted by atomic mass is 32.2. The smallest absolute Gasteiger partial charge is 0.0444 e. The third-order valence-electron chi connectivity index (χ3n) is 1.66. The Hall–Kier alpha value is 0.310. The first-order valence-corrected chi connectivity index (χ1v) is 3.91. The van der Waals surface area contributed by atoms with Gasteiger partial charge in [-0.2, -0.15) is 0 Å². The molecule has 0 unspecified atom stereocenters. The second kappa shape index (κ2) is 1.39. The van der Waals surface area contributed by atoms with E-state index in [0.29, 0.717) is 0 Å². The van der Waals surface area contributed by atoms with Crippen molar-refractivity contribution in [1.29, 1.82) is 0 Å². The summed E-state index contributed by atoms with van der Waals surface area (Å²) < 4.78 is 0. The molecule has 0 aromatic carbocycles. The van der Waals surface area contributed by atoms with Crippen molar-refractivity contribution in [2.24, 2.45) is 5.92 Å². The summed E-state index contributed by atoms with van der Waals surface area (Å²) in [4.78, 5) is 2.50. The summed E-state index contributed by atoms with van der Waals surface area (Å²) >= 11 is 2.08. The molecule has 2 bridgehead atoms. The molecule has 3 aliphatic rings. The van der Waals surface area contributed by atoms with Crippen LogP contribution in [0.2, 0.25) is 0 Å². The van der Waals surface area contributed by atoms with Gasteiger partial charge in [0.25, 0.3) is 0 Å². The van der Waals surface area contributed by atoms with Gasteiger partial charge < -0.3 is 0 Å². The Morgan fingerprint density at radius 3 is 2.43 bits per heavy atom. The van der Waals surface area contributed by atoms with Crippen LogP contribution in [0.4, 0.5) is 0 Å². The summed E-state index contributed by atoms with van der Waals surface area (Å²) in [5, 5.41) is 0. The van der Waals surface area contributed by atoms with E-state index in [0.717, 1.165) is 5.92 Å². The summed E-state index contributed by atoms with van der Waals surface area (Å²) in [5.41, 5.74) is 0. The summed E-state index contributed by atoms with van der Waals surface area (Å²) in [6.45, 7) is 2.79. The predicted molar refractivity (Wildman–Crippen MR) is 32.4 cm³/mol. The van der Waals surface area contributed by atoms with Crippen LogP contribution in [0.5, 0.6) is 0 Å². The number of thioether (sulfide) groups is 1. The first-order valence-electron chi connectivity index (χ1n) is 2.75. The van der Waals surface area contributed by atoms with Gasteiger partial charge in [-0.3, -0.25) is 4.90 Å². The molecule has 0 N–H and O–H groups in total. The van der Waals surface area contributed by atoms with Crippen molar-refractivity contribution in [2.75, 3.05) is 24.7 Å². The van der Waals surface area contributed by atoms with E-state index in [2.05, 4.69) is 16.7 Å². The molecule has 0 aliphatic carbocycles. The van der Waals surface area contributed by atoms with E-state index < -0.39 is 0 Å². The van der Waals surface area contributed by atoms with E-state index in [4.69, 9.17) is 0 Å². The van der Waals surface area contributed by atoms with Gasteiger partial charge in [0.05, 0.1) is 0 Å². The van der Waals surface area contributed by atoms with Gasteiger partial charge in [-0.25, -0.2) is 0 Å². The van der Waals surface area contributed by atoms with Crippen LogP contribution in [0.3, 0.4) is 0 Å². The van der Waals surface area contributed by atoms with Crippen LogP contribution in [0, 0.1) is 5.92 Å². The highest BCUT2D eigenvalue weighted by Gasteiger charge is 2.30. The molecule has 2 heteroatoms. The molecule has 3 aliphatic heterocycles. The van der Waals surface area contributed by atoms with Crippen LogP contribution >= 0.6 is 11.8 Å². The Bertz CT molecular complexity index is 64.6. The lowest BCUT2D eigenvalue weighted by atomic mass is 10.0. The fourth-order valence-electron chi connectivity index (χ4n) is 1.24. The molecule has 0 aromatic heterocycles. The molecule has 3 heterocycles. The van der Waals surface area contributed by atoms with Gasteiger partial charge >= 0.3 is 0 Å². The molecule has 1 nitrogen and oxygen atoms in total. The zero-order valence-corrected chi connectivity index (χ0v) is 5.08. The fraction of sp³-hybridized carbons (Fsp3) is 1.00. The normalized spacial score (nSPS) is 48.0. The Balaban J connectivity index is 1.99. The molecule has 3 saturated heterocycles. The highest BCUT2D eigenvalue weighted by molar-refractivity contribution is 7.99. The van der Waals surface area contributed by atoms with E-state index in [1.54, 1.807) is 0 Å². The van der Waals surface area contributed by atoms with Crippen LogP contribution in [0.1, 0.15) is 0 Å². The van der Waals surface area contributed by atoms with Gasteiger partial charge in [-0.1, -0.05) is 0 Å². The number of nitrogens with zero attached hydrogens (tertiary/aromatic N) is 1. The van der Waals surface area contributed by atoms with Gasteiger partial charge in [-0.15, -0.1) is 11.8 Å². The lowest BCUT2D eigenvalue weighted by Crippen LogP contribution is -2.51. The van der Waals surface area contributed by atoms with E-state index in [1.807, 2.05) is 0 Å². The molecule has 0 spiro atoms. The minimum absolute atomic E-state index is 1.07. The molecule has 0 amide bonds. The highest BCUT2D eigenvalue weighted by Crippen LogP contribution is 2.28. The molecule has 0 saturated carbocycles. The average Bonchev–Trinajstić information content (AvgIpc) is 1.67. The molecule has 0 radical (unpaired) electrons. The standard InChI is InChI=1S/C5H9NS/c1-5-2-6(1)4-7-3-5/h5H,1-4H2. The number of hydrogen-bond acceptors (Lipinski definition) is 2. The predicted octanol–water partition coefficient (Wildman–Crippen LogP) is 0.623. The lowest BCUT2D eigenvalue weighted by Gasteiger charge is -2.43. The van der Waals surface area contributed by atoms with Crippen molar-refractivity contribution in [2.45, 2.75) is 0 Å². The van der Waals surface area contributed by atoms with Crippen LogP contribution in [0.25, 0.3) is 0 Å². The van der Waals surface area contributed by atoms with E-state index in [1.165, 1.54) is 24.7 Å². The SMILES string of the molecule is C1SCN2CC1C2. The summed E-state index contributed by atoms with van der Waals surface area (Å²) in [6.07, 6.45) is 0. The Labute approximate surface area is 48.1 Å². The average molecular weight is 115 g/mol. The number of rotatable bonds is 0. The molecule has 40 valence electrons. The van der Waals surface area contributed by atoms with Crippen LogP contribution in [-0.2, 0) is 0 Å². The topological polar surface area (TPSA) is 3.24 Å². The third-order valence-corrected chi connectivity index (χ3v) is 2.92. The second-order valence-electron chi connectivity index (χ2n) is 2.40. The van der Waals surface area contributed by atoms with Gasteiger partial charge in [0.1, 0.15) is 0 Å². The molecule has 0 atom stereocenters. The minimum atomic E-state index is 1.07. The van der Waals surface area contributed by atoms with E-state index >= 15 is 0 Å². The van der Waals surface area contributed by atoms with Crippen LogP contribution in [-0.4, -0.2) is 29.6 Å². The number of hydrogen-bond donors (Lipinski definition) is 0. The van der Waals surface area contributed by atoms with Crippen molar-refractivity contribution >= 4 is 11.8 Å². The van der Waals surface area contributed by atoms with Crippen LogP contribution in [0.15, 0.2) is 0 Å². The van der Waals surface area contributed by atoms with Gasteiger partial charge in [0.15, 0.2) is 0 Å². The zero-order chi connectivity index (χ0) is 4.69. The molecule has 0 aromatic rings. The maximum atomic E-state index is 2.50. The van der Waals surface area contributed by atoms with Crippen molar-refractivity contribution in [1.82, 2.24) is 4.90 Å². The maximum absolute atomic E-state index is 2.50. The van der Waals surface area contributed by atoms with Gasteiger partial charge in [0, 0.05) is 19.0 Å². The summed E-state index contributed by atoms with van der Waals surface area (Å²) in [5.74, 6) is 3.80. The Kier molecular flexibility index (Phi) is 0.837. The van der Waals surface area contributed by atoms with E-state index in [-0.39, 0.29) is 0 Å². The molecular weight excluding hydrogens is 106 g/mol.